The van der Waals surface area contributed by atoms with Crippen molar-refractivity contribution in [2.24, 2.45) is 0 Å². The number of nitrogens with zero attached hydrogens (tertiary/aromatic N) is 2. The van der Waals surface area contributed by atoms with E-state index >= 15 is 0 Å². The summed E-state index contributed by atoms with van der Waals surface area (Å²) in [5.74, 6) is -0.891. The third-order valence-corrected chi connectivity index (χ3v) is 6.08. The van der Waals surface area contributed by atoms with Crippen LogP contribution in [0.2, 0.25) is 0 Å². The van der Waals surface area contributed by atoms with Crippen molar-refractivity contribution in [1.29, 1.82) is 0 Å². The fraction of sp³-hybridized carbons (Fsp3) is 0.375. The standard InChI is InChI=1S/C23H23N3O6.C7H12.C2H6/c1-2-17(13-26-21(28)18-5-3-4-6-19(18)22(26)29)32-23(30)24-15-7-9-16(10-8-15)25-11-12-31-14-20(25)27;1-3-5-7-6-4-2;1-2/h3-10,17H,2,11-14H2,1H3,(H,24,30);3,5-7H,4H2,1-2H3;1-2H3/b;5-3-,7-6-;/t17-;;/m1../s1. The minimum Gasteiger partial charge on any atom is -0.444 e. The molecule has 0 aromatic heterocycles. The zero-order valence-corrected chi connectivity index (χ0v) is 24.6. The first-order chi connectivity index (χ1) is 19.9. The van der Waals surface area contributed by atoms with Gasteiger partial charge in [-0.1, -0.05) is 64.1 Å². The second kappa shape index (κ2) is 17.5. The number of hydrogen-bond donors (Lipinski definition) is 1. The molecule has 2 aliphatic rings. The molecule has 4 amide bonds. The smallest absolute Gasteiger partial charge is 0.411 e. The minimum absolute atomic E-state index is 0.0195. The van der Waals surface area contributed by atoms with E-state index in [2.05, 4.69) is 24.4 Å². The van der Waals surface area contributed by atoms with Gasteiger partial charge in [0.1, 0.15) is 12.7 Å². The number of benzene rings is 2. The van der Waals surface area contributed by atoms with Gasteiger partial charge in [0, 0.05) is 17.9 Å². The van der Waals surface area contributed by atoms with Gasteiger partial charge in [0.15, 0.2) is 0 Å². The highest BCUT2D eigenvalue weighted by Gasteiger charge is 2.36. The quantitative estimate of drug-likeness (QED) is 0.302. The molecule has 2 aromatic carbocycles. The van der Waals surface area contributed by atoms with Crippen molar-refractivity contribution in [3.63, 3.8) is 0 Å². The molecule has 0 spiro atoms. The van der Waals surface area contributed by atoms with Crippen LogP contribution in [0.4, 0.5) is 16.2 Å². The number of ether oxygens (including phenoxy) is 2. The van der Waals surface area contributed by atoms with Crippen LogP contribution in [0.3, 0.4) is 0 Å². The van der Waals surface area contributed by atoms with Gasteiger partial charge in [-0.3, -0.25) is 24.6 Å². The predicted octanol–water partition coefficient (Wildman–Crippen LogP) is 6.23. The minimum atomic E-state index is -0.691. The lowest BCUT2D eigenvalue weighted by Gasteiger charge is -2.27. The summed E-state index contributed by atoms with van der Waals surface area (Å²) < 4.78 is 10.6. The van der Waals surface area contributed by atoms with E-state index in [1.54, 1.807) is 53.4 Å². The molecule has 2 aliphatic heterocycles. The van der Waals surface area contributed by atoms with Gasteiger partial charge in [0.25, 0.3) is 17.7 Å². The SMILES string of the molecule is C/C=C\C=C/CC.CC.CC[C@H](CN1C(=O)c2ccccc2C1=O)OC(=O)Nc1ccc(N2CCOCC2=O)cc1. The number of rotatable bonds is 8. The lowest BCUT2D eigenvalue weighted by atomic mass is 10.1. The van der Waals surface area contributed by atoms with E-state index in [0.717, 1.165) is 11.3 Å². The molecule has 220 valence electrons. The number of amides is 4. The summed E-state index contributed by atoms with van der Waals surface area (Å²) in [5.41, 5.74) is 1.93. The Morgan fingerprint density at radius 2 is 1.63 bits per heavy atom. The molecule has 1 N–H and O–H groups in total. The maximum Gasteiger partial charge on any atom is 0.411 e. The molecular formula is C32H41N3O6. The first kappa shape index (κ1) is 33.0. The van der Waals surface area contributed by atoms with Crippen LogP contribution in [0.25, 0.3) is 0 Å². The molecule has 0 radical (unpaired) electrons. The molecule has 9 nitrogen and oxygen atoms in total. The zero-order valence-electron chi connectivity index (χ0n) is 24.6. The second-order valence-corrected chi connectivity index (χ2v) is 8.83. The highest BCUT2D eigenvalue weighted by atomic mass is 16.6. The van der Waals surface area contributed by atoms with Crippen molar-refractivity contribution >= 4 is 35.2 Å². The molecule has 1 atom stereocenters. The van der Waals surface area contributed by atoms with Gasteiger partial charge in [0.05, 0.1) is 24.3 Å². The molecule has 1 saturated heterocycles. The lowest BCUT2D eigenvalue weighted by molar-refractivity contribution is -0.125. The van der Waals surface area contributed by atoms with Gasteiger partial charge in [-0.15, -0.1) is 0 Å². The van der Waals surface area contributed by atoms with Crippen molar-refractivity contribution < 1.29 is 28.7 Å². The number of allylic oxidation sites excluding steroid dienone is 4. The second-order valence-electron chi connectivity index (χ2n) is 8.83. The molecule has 41 heavy (non-hydrogen) atoms. The maximum atomic E-state index is 12.5. The van der Waals surface area contributed by atoms with E-state index in [9.17, 15) is 19.2 Å². The van der Waals surface area contributed by atoms with Crippen molar-refractivity contribution in [2.45, 2.75) is 53.6 Å². The Morgan fingerprint density at radius 1 is 1.00 bits per heavy atom. The first-order valence-corrected chi connectivity index (χ1v) is 14.1. The maximum absolute atomic E-state index is 12.5. The Labute approximate surface area is 242 Å². The molecule has 9 heteroatoms. The van der Waals surface area contributed by atoms with Crippen LogP contribution < -0.4 is 10.2 Å². The summed E-state index contributed by atoms with van der Waals surface area (Å²) in [6.07, 6.45) is 8.45. The van der Waals surface area contributed by atoms with Crippen molar-refractivity contribution in [2.75, 3.05) is 36.5 Å². The van der Waals surface area contributed by atoms with E-state index in [0.29, 0.717) is 42.1 Å². The summed E-state index contributed by atoms with van der Waals surface area (Å²) >= 11 is 0. The number of fused-ring (bicyclic) bond motifs is 1. The van der Waals surface area contributed by atoms with Crippen LogP contribution in [-0.2, 0) is 14.3 Å². The number of anilines is 2. The molecule has 2 heterocycles. The summed E-state index contributed by atoms with van der Waals surface area (Å²) in [6.45, 7) is 10.9. The summed E-state index contributed by atoms with van der Waals surface area (Å²) in [5, 5.41) is 2.63. The topological polar surface area (TPSA) is 105 Å². The van der Waals surface area contributed by atoms with Crippen LogP contribution in [0.1, 0.15) is 68.2 Å². The van der Waals surface area contributed by atoms with Crippen LogP contribution in [-0.4, -0.2) is 61.1 Å². The van der Waals surface area contributed by atoms with Crippen LogP contribution in [0.5, 0.6) is 0 Å². The predicted molar refractivity (Wildman–Crippen MR) is 161 cm³/mol. The number of hydrogen-bond acceptors (Lipinski definition) is 6. The van der Waals surface area contributed by atoms with Gasteiger partial charge >= 0.3 is 6.09 Å². The molecule has 0 aliphatic carbocycles. The largest absolute Gasteiger partial charge is 0.444 e. The Balaban J connectivity index is 0.000000573. The Hall–Kier alpha value is -4.24. The van der Waals surface area contributed by atoms with Gasteiger partial charge < -0.3 is 14.4 Å². The molecule has 4 rings (SSSR count). The van der Waals surface area contributed by atoms with Crippen LogP contribution in [0.15, 0.2) is 72.8 Å². The normalized spacial score (nSPS) is 15.2. The van der Waals surface area contributed by atoms with Gasteiger partial charge in [-0.05, 0) is 56.2 Å². The fourth-order valence-electron chi connectivity index (χ4n) is 4.00. The molecular weight excluding hydrogens is 522 g/mol. The van der Waals surface area contributed by atoms with Crippen molar-refractivity contribution in [1.82, 2.24) is 4.90 Å². The molecule has 0 bridgehead atoms. The average Bonchev–Trinajstić information content (AvgIpc) is 3.24. The number of carbonyl (C=O) groups is 4. The third-order valence-electron chi connectivity index (χ3n) is 6.08. The van der Waals surface area contributed by atoms with Crippen LogP contribution >= 0.6 is 0 Å². The Bertz CT molecular complexity index is 1190. The monoisotopic (exact) mass is 563 g/mol. The van der Waals surface area contributed by atoms with E-state index in [4.69, 9.17) is 9.47 Å². The van der Waals surface area contributed by atoms with Gasteiger partial charge in [-0.2, -0.15) is 0 Å². The number of imide groups is 1. The van der Waals surface area contributed by atoms with E-state index < -0.39 is 12.2 Å². The zero-order chi connectivity index (χ0) is 30.2. The molecule has 0 unspecified atom stereocenters. The average molecular weight is 564 g/mol. The highest BCUT2D eigenvalue weighted by Crippen LogP contribution is 2.24. The van der Waals surface area contributed by atoms with Crippen molar-refractivity contribution in [3.05, 3.63) is 84.0 Å². The van der Waals surface area contributed by atoms with Gasteiger partial charge in [-0.25, -0.2) is 4.79 Å². The number of morpholine rings is 1. The number of carbonyl (C=O) groups excluding carboxylic acids is 4. The third kappa shape index (κ3) is 9.42. The molecule has 0 saturated carbocycles. The Morgan fingerprint density at radius 3 is 2.17 bits per heavy atom. The van der Waals surface area contributed by atoms with Crippen molar-refractivity contribution in [3.8, 4) is 0 Å². The summed E-state index contributed by atoms with van der Waals surface area (Å²) in [6, 6.07) is 13.4. The van der Waals surface area contributed by atoms with Gasteiger partial charge in [0.2, 0.25) is 0 Å². The van der Waals surface area contributed by atoms with E-state index in [1.165, 1.54) is 0 Å². The molecule has 2 aromatic rings. The number of nitrogens with one attached hydrogen (secondary N) is 1. The Kier molecular flexibility index (Phi) is 14.0. The van der Waals surface area contributed by atoms with Crippen LogP contribution in [0, 0.1) is 0 Å². The lowest BCUT2D eigenvalue weighted by Crippen LogP contribution is -2.41. The fourth-order valence-corrected chi connectivity index (χ4v) is 4.00. The highest BCUT2D eigenvalue weighted by molar-refractivity contribution is 6.21. The molecule has 1 fully saturated rings. The van der Waals surface area contributed by atoms with E-state index in [1.807, 2.05) is 39.8 Å². The van der Waals surface area contributed by atoms with E-state index in [-0.39, 0.29) is 30.9 Å². The summed E-state index contributed by atoms with van der Waals surface area (Å²) in [7, 11) is 0. The summed E-state index contributed by atoms with van der Waals surface area (Å²) in [4.78, 5) is 52.1. The first-order valence-electron chi connectivity index (χ1n) is 14.1.